The predicted molar refractivity (Wildman–Crippen MR) is 127 cm³/mol. The van der Waals surface area contributed by atoms with E-state index < -0.39 is 0 Å². The molecule has 3 heterocycles. The molecule has 2 saturated heterocycles. The Morgan fingerprint density at radius 2 is 1.97 bits per heavy atom. The molecular weight excluding hydrogens is 416 g/mol. The monoisotopic (exact) mass is 448 g/mol. The summed E-state index contributed by atoms with van der Waals surface area (Å²) in [7, 11) is 0. The van der Waals surface area contributed by atoms with Crippen molar-refractivity contribution in [3.8, 4) is 5.75 Å². The minimum absolute atomic E-state index is 0.132. The van der Waals surface area contributed by atoms with Gasteiger partial charge in [0.2, 0.25) is 0 Å². The van der Waals surface area contributed by atoms with Gasteiger partial charge in [-0.15, -0.1) is 0 Å². The fourth-order valence-corrected chi connectivity index (χ4v) is 5.06. The molecule has 5 rings (SSSR count). The van der Waals surface area contributed by atoms with Crippen LogP contribution in [0.1, 0.15) is 48.7 Å². The fraction of sp³-hybridized carbons (Fsp3) is 0.462. The molecular formula is C26H32N4O3. The first kappa shape index (κ1) is 21.9. The van der Waals surface area contributed by atoms with E-state index in [1.54, 1.807) is 0 Å². The number of amides is 1. The first-order chi connectivity index (χ1) is 16.2. The SMILES string of the molecule is CCCCN1C2COCC1CC(NC(=O)c1n[nH]c3ccc(OCc4ccccc4)cc13)C2. The summed E-state index contributed by atoms with van der Waals surface area (Å²) in [4.78, 5) is 15.8. The van der Waals surface area contributed by atoms with E-state index in [1.807, 2.05) is 48.5 Å². The molecule has 2 aliphatic heterocycles. The van der Waals surface area contributed by atoms with Crippen molar-refractivity contribution in [2.75, 3.05) is 19.8 Å². The maximum Gasteiger partial charge on any atom is 0.272 e. The minimum atomic E-state index is -0.132. The minimum Gasteiger partial charge on any atom is -0.489 e. The number of aromatic nitrogens is 2. The highest BCUT2D eigenvalue weighted by Crippen LogP contribution is 2.29. The smallest absolute Gasteiger partial charge is 0.272 e. The first-order valence-electron chi connectivity index (χ1n) is 12.0. The van der Waals surface area contributed by atoms with Crippen molar-refractivity contribution < 1.29 is 14.3 Å². The van der Waals surface area contributed by atoms with E-state index in [4.69, 9.17) is 9.47 Å². The molecule has 2 N–H and O–H groups in total. The Balaban J connectivity index is 1.26. The molecule has 1 amide bonds. The zero-order chi connectivity index (χ0) is 22.6. The Hall–Kier alpha value is -2.90. The molecule has 2 unspecified atom stereocenters. The number of ether oxygens (including phenoxy) is 2. The van der Waals surface area contributed by atoms with Gasteiger partial charge in [-0.1, -0.05) is 43.7 Å². The van der Waals surface area contributed by atoms with Gasteiger partial charge < -0.3 is 14.8 Å². The Morgan fingerprint density at radius 1 is 1.18 bits per heavy atom. The van der Waals surface area contributed by atoms with Crippen LogP contribution in [0.4, 0.5) is 0 Å². The molecule has 2 bridgehead atoms. The maximum atomic E-state index is 13.2. The standard InChI is InChI=1S/C26H32N4O3/c1-2-3-11-30-20-12-19(13-21(30)17-32-16-20)27-26(31)25-23-14-22(9-10-24(23)28-29-25)33-15-18-7-5-4-6-8-18/h4-10,14,19-21H,2-3,11-13,15-17H2,1H3,(H,27,31)(H,28,29). The average Bonchev–Trinajstić information content (AvgIpc) is 3.25. The van der Waals surface area contributed by atoms with Gasteiger partial charge in [-0.3, -0.25) is 14.8 Å². The highest BCUT2D eigenvalue weighted by atomic mass is 16.5. The summed E-state index contributed by atoms with van der Waals surface area (Å²) < 4.78 is 11.8. The van der Waals surface area contributed by atoms with Gasteiger partial charge in [0.05, 0.1) is 18.7 Å². The highest BCUT2D eigenvalue weighted by molar-refractivity contribution is 6.05. The summed E-state index contributed by atoms with van der Waals surface area (Å²) in [5.74, 6) is 0.588. The summed E-state index contributed by atoms with van der Waals surface area (Å²) in [5.41, 5.74) is 2.35. The van der Waals surface area contributed by atoms with Gasteiger partial charge in [0.1, 0.15) is 12.4 Å². The van der Waals surface area contributed by atoms with Gasteiger partial charge in [0, 0.05) is 23.5 Å². The normalized spacial score (nSPS) is 22.9. The van der Waals surface area contributed by atoms with Crippen molar-refractivity contribution >= 4 is 16.8 Å². The third-order valence-electron chi connectivity index (χ3n) is 6.77. The van der Waals surface area contributed by atoms with Crippen LogP contribution in [-0.2, 0) is 11.3 Å². The summed E-state index contributed by atoms with van der Waals surface area (Å²) in [6.45, 7) is 5.32. The second-order valence-corrected chi connectivity index (χ2v) is 9.13. The van der Waals surface area contributed by atoms with E-state index in [0.717, 1.165) is 54.8 Å². The molecule has 0 aliphatic carbocycles. The fourth-order valence-electron chi connectivity index (χ4n) is 5.06. The van der Waals surface area contributed by atoms with Crippen LogP contribution in [0.5, 0.6) is 5.75 Å². The molecule has 0 spiro atoms. The van der Waals surface area contributed by atoms with Crippen LogP contribution in [-0.4, -0.2) is 58.9 Å². The van der Waals surface area contributed by atoms with Gasteiger partial charge >= 0.3 is 0 Å². The lowest BCUT2D eigenvalue weighted by Crippen LogP contribution is -2.60. The number of nitrogens with one attached hydrogen (secondary N) is 2. The number of hydrogen-bond donors (Lipinski definition) is 2. The Morgan fingerprint density at radius 3 is 2.73 bits per heavy atom. The van der Waals surface area contributed by atoms with Crippen LogP contribution in [0.3, 0.4) is 0 Å². The van der Waals surface area contributed by atoms with Crippen molar-refractivity contribution in [1.29, 1.82) is 0 Å². The lowest BCUT2D eigenvalue weighted by atomic mass is 9.89. The molecule has 0 radical (unpaired) electrons. The second-order valence-electron chi connectivity index (χ2n) is 9.13. The van der Waals surface area contributed by atoms with E-state index in [2.05, 4.69) is 27.3 Å². The van der Waals surface area contributed by atoms with Gasteiger partial charge in [0.25, 0.3) is 5.91 Å². The Kier molecular flexibility index (Phi) is 6.60. The summed E-state index contributed by atoms with van der Waals surface area (Å²) in [6, 6.07) is 16.6. The van der Waals surface area contributed by atoms with Gasteiger partial charge in [-0.05, 0) is 49.6 Å². The summed E-state index contributed by atoms with van der Waals surface area (Å²) in [6.07, 6.45) is 4.23. The first-order valence-corrected chi connectivity index (χ1v) is 12.0. The molecule has 7 nitrogen and oxygen atoms in total. The molecule has 7 heteroatoms. The summed E-state index contributed by atoms with van der Waals surface area (Å²) >= 11 is 0. The topological polar surface area (TPSA) is 79.5 Å². The van der Waals surface area contributed by atoms with Crippen LogP contribution in [0.15, 0.2) is 48.5 Å². The Labute approximate surface area is 194 Å². The van der Waals surface area contributed by atoms with Gasteiger partial charge in [-0.25, -0.2) is 0 Å². The molecule has 0 saturated carbocycles. The van der Waals surface area contributed by atoms with Crippen molar-refractivity contribution in [2.24, 2.45) is 0 Å². The van der Waals surface area contributed by atoms with E-state index in [-0.39, 0.29) is 11.9 Å². The van der Waals surface area contributed by atoms with Crippen LogP contribution in [0.25, 0.3) is 10.9 Å². The largest absolute Gasteiger partial charge is 0.489 e. The number of piperidine rings is 1. The maximum absolute atomic E-state index is 13.2. The van der Waals surface area contributed by atoms with E-state index in [9.17, 15) is 4.79 Å². The zero-order valence-electron chi connectivity index (χ0n) is 19.1. The van der Waals surface area contributed by atoms with Crippen molar-refractivity contribution in [3.05, 3.63) is 59.8 Å². The van der Waals surface area contributed by atoms with E-state index in [1.165, 1.54) is 12.8 Å². The van der Waals surface area contributed by atoms with Crippen LogP contribution in [0, 0.1) is 0 Å². The van der Waals surface area contributed by atoms with Crippen LogP contribution < -0.4 is 10.1 Å². The van der Waals surface area contributed by atoms with E-state index in [0.29, 0.717) is 24.4 Å². The quantitative estimate of drug-likeness (QED) is 0.546. The van der Waals surface area contributed by atoms with Gasteiger partial charge in [0.15, 0.2) is 5.69 Å². The third-order valence-corrected chi connectivity index (χ3v) is 6.77. The number of nitrogens with zero attached hydrogens (tertiary/aromatic N) is 2. The number of rotatable bonds is 8. The number of aromatic amines is 1. The van der Waals surface area contributed by atoms with Crippen LogP contribution in [0.2, 0.25) is 0 Å². The Bertz CT molecular complexity index is 1070. The van der Waals surface area contributed by atoms with E-state index >= 15 is 0 Å². The number of fused-ring (bicyclic) bond motifs is 3. The number of H-pyrrole nitrogens is 1. The number of benzene rings is 2. The van der Waals surface area contributed by atoms with Crippen molar-refractivity contribution in [1.82, 2.24) is 20.4 Å². The van der Waals surface area contributed by atoms with Crippen LogP contribution >= 0.6 is 0 Å². The second kappa shape index (κ2) is 9.93. The predicted octanol–water partition coefficient (Wildman–Crippen LogP) is 3.90. The molecule has 2 fully saturated rings. The number of carbonyl (C=O) groups is 1. The molecule has 1 aromatic heterocycles. The lowest BCUT2D eigenvalue weighted by molar-refractivity contribution is -0.0802. The molecule has 2 atom stereocenters. The molecule has 2 aromatic carbocycles. The van der Waals surface area contributed by atoms with Crippen molar-refractivity contribution in [2.45, 2.75) is 57.3 Å². The third kappa shape index (κ3) is 4.89. The number of carbonyl (C=O) groups excluding carboxylic acids is 1. The number of unbranched alkanes of at least 4 members (excludes halogenated alkanes) is 1. The summed E-state index contributed by atoms with van der Waals surface area (Å²) in [5, 5.41) is 11.3. The number of morpholine rings is 1. The zero-order valence-corrected chi connectivity index (χ0v) is 19.1. The number of hydrogen-bond acceptors (Lipinski definition) is 5. The van der Waals surface area contributed by atoms with Gasteiger partial charge in [-0.2, -0.15) is 5.10 Å². The molecule has 3 aromatic rings. The highest BCUT2D eigenvalue weighted by Gasteiger charge is 2.39. The molecule has 174 valence electrons. The van der Waals surface area contributed by atoms with Crippen molar-refractivity contribution in [3.63, 3.8) is 0 Å². The average molecular weight is 449 g/mol. The molecule has 2 aliphatic rings. The lowest BCUT2D eigenvalue weighted by Gasteiger charge is -2.48. The molecule has 33 heavy (non-hydrogen) atoms.